The highest BCUT2D eigenvalue weighted by molar-refractivity contribution is 5.76. The Bertz CT molecular complexity index is 543. The van der Waals surface area contributed by atoms with Gasteiger partial charge in [-0.1, -0.05) is 36.4 Å². The van der Waals surface area contributed by atoms with E-state index < -0.39 is 11.9 Å². The Morgan fingerprint density at radius 2 is 1.90 bits per heavy atom. The standard InChI is InChI=1S/C16H18N2O2/c1-12(14-8-5-9-17-10-14)18-11-15(16(19)20)13-6-3-2-4-7-13/h2-10,12,15,18H,11H2,1H3,(H,19,20). The third-order valence-electron chi connectivity index (χ3n) is 3.31. The van der Waals surface area contributed by atoms with E-state index in [1.54, 1.807) is 12.4 Å². The molecular formula is C16H18N2O2. The maximum Gasteiger partial charge on any atom is 0.312 e. The summed E-state index contributed by atoms with van der Waals surface area (Å²) in [5.74, 6) is -1.36. The molecule has 0 aliphatic heterocycles. The fourth-order valence-corrected chi connectivity index (χ4v) is 2.08. The van der Waals surface area contributed by atoms with Crippen molar-refractivity contribution >= 4 is 5.97 Å². The number of nitrogens with one attached hydrogen (secondary N) is 1. The first-order valence-corrected chi connectivity index (χ1v) is 6.59. The minimum absolute atomic E-state index is 0.0641. The maximum atomic E-state index is 11.4. The summed E-state index contributed by atoms with van der Waals surface area (Å²) in [6, 6.07) is 13.2. The molecular weight excluding hydrogens is 252 g/mol. The quantitative estimate of drug-likeness (QED) is 0.847. The molecule has 0 spiro atoms. The Balaban J connectivity index is 2.02. The zero-order valence-electron chi connectivity index (χ0n) is 11.4. The second-order valence-corrected chi connectivity index (χ2v) is 4.72. The van der Waals surface area contributed by atoms with E-state index in [4.69, 9.17) is 0 Å². The Hall–Kier alpha value is -2.20. The van der Waals surface area contributed by atoms with Crippen molar-refractivity contribution in [1.29, 1.82) is 0 Å². The van der Waals surface area contributed by atoms with Crippen molar-refractivity contribution in [2.24, 2.45) is 0 Å². The average Bonchev–Trinajstić information content (AvgIpc) is 2.49. The molecule has 0 bridgehead atoms. The predicted octanol–water partition coefficient (Wildman–Crippen LogP) is 2.60. The lowest BCUT2D eigenvalue weighted by atomic mass is 9.98. The number of hydrogen-bond acceptors (Lipinski definition) is 3. The summed E-state index contributed by atoms with van der Waals surface area (Å²) >= 11 is 0. The van der Waals surface area contributed by atoms with Crippen molar-refractivity contribution in [3.05, 3.63) is 66.0 Å². The largest absolute Gasteiger partial charge is 0.481 e. The minimum Gasteiger partial charge on any atom is -0.481 e. The van der Waals surface area contributed by atoms with E-state index in [0.29, 0.717) is 6.54 Å². The van der Waals surface area contributed by atoms with Crippen molar-refractivity contribution in [1.82, 2.24) is 10.3 Å². The SMILES string of the molecule is CC(NCC(C(=O)O)c1ccccc1)c1cccnc1. The van der Waals surface area contributed by atoms with Crippen LogP contribution in [0.5, 0.6) is 0 Å². The van der Waals surface area contributed by atoms with Crippen LogP contribution in [0.4, 0.5) is 0 Å². The Morgan fingerprint density at radius 3 is 2.50 bits per heavy atom. The Morgan fingerprint density at radius 1 is 1.20 bits per heavy atom. The molecule has 2 unspecified atom stereocenters. The van der Waals surface area contributed by atoms with Crippen LogP contribution in [0.25, 0.3) is 0 Å². The van der Waals surface area contributed by atoms with E-state index in [9.17, 15) is 9.90 Å². The first-order valence-electron chi connectivity index (χ1n) is 6.59. The van der Waals surface area contributed by atoms with Gasteiger partial charge in [-0.05, 0) is 24.1 Å². The number of pyridine rings is 1. The zero-order chi connectivity index (χ0) is 14.4. The van der Waals surface area contributed by atoms with Crippen LogP contribution < -0.4 is 5.32 Å². The fraction of sp³-hybridized carbons (Fsp3) is 0.250. The van der Waals surface area contributed by atoms with Crippen molar-refractivity contribution in [3.8, 4) is 0 Å². The highest BCUT2D eigenvalue weighted by Crippen LogP contribution is 2.17. The van der Waals surface area contributed by atoms with Gasteiger partial charge in [-0.3, -0.25) is 9.78 Å². The van der Waals surface area contributed by atoms with Gasteiger partial charge in [0.1, 0.15) is 0 Å². The summed E-state index contributed by atoms with van der Waals surface area (Å²) < 4.78 is 0. The van der Waals surface area contributed by atoms with Crippen molar-refractivity contribution < 1.29 is 9.90 Å². The van der Waals surface area contributed by atoms with E-state index in [1.165, 1.54) is 0 Å². The lowest BCUT2D eigenvalue weighted by Gasteiger charge is -2.18. The number of carbonyl (C=O) groups is 1. The van der Waals surface area contributed by atoms with Gasteiger partial charge >= 0.3 is 5.97 Å². The third-order valence-corrected chi connectivity index (χ3v) is 3.31. The molecule has 1 aromatic heterocycles. The first-order chi connectivity index (χ1) is 9.68. The van der Waals surface area contributed by atoms with Crippen molar-refractivity contribution in [2.45, 2.75) is 18.9 Å². The van der Waals surface area contributed by atoms with Gasteiger partial charge in [0.2, 0.25) is 0 Å². The predicted molar refractivity (Wildman–Crippen MR) is 77.5 cm³/mol. The molecule has 1 aromatic carbocycles. The van der Waals surface area contributed by atoms with Crippen LogP contribution in [-0.4, -0.2) is 22.6 Å². The lowest BCUT2D eigenvalue weighted by molar-refractivity contribution is -0.138. The molecule has 0 saturated heterocycles. The molecule has 0 radical (unpaired) electrons. The highest BCUT2D eigenvalue weighted by Gasteiger charge is 2.20. The van der Waals surface area contributed by atoms with Gasteiger partial charge < -0.3 is 10.4 Å². The molecule has 0 aliphatic rings. The summed E-state index contributed by atoms with van der Waals surface area (Å²) in [5.41, 5.74) is 1.86. The highest BCUT2D eigenvalue weighted by atomic mass is 16.4. The monoisotopic (exact) mass is 270 g/mol. The molecule has 2 aromatic rings. The molecule has 0 aliphatic carbocycles. The number of aliphatic carboxylic acids is 1. The summed E-state index contributed by atoms with van der Waals surface area (Å²) in [6.07, 6.45) is 3.51. The smallest absolute Gasteiger partial charge is 0.312 e. The number of hydrogen-bond donors (Lipinski definition) is 2. The third kappa shape index (κ3) is 3.65. The van der Waals surface area contributed by atoms with Crippen LogP contribution in [0.3, 0.4) is 0 Å². The van der Waals surface area contributed by atoms with Crippen LogP contribution >= 0.6 is 0 Å². The normalized spacial score (nSPS) is 13.7. The van der Waals surface area contributed by atoms with Gasteiger partial charge in [-0.25, -0.2) is 0 Å². The second kappa shape index (κ2) is 6.82. The first kappa shape index (κ1) is 14.2. The molecule has 104 valence electrons. The number of rotatable bonds is 6. The second-order valence-electron chi connectivity index (χ2n) is 4.72. The molecule has 20 heavy (non-hydrogen) atoms. The molecule has 1 heterocycles. The van der Waals surface area contributed by atoms with Crippen LogP contribution in [0.2, 0.25) is 0 Å². The molecule has 0 fully saturated rings. The summed E-state index contributed by atoms with van der Waals surface area (Å²) in [4.78, 5) is 15.5. The van der Waals surface area contributed by atoms with Crippen LogP contribution in [0, 0.1) is 0 Å². The van der Waals surface area contributed by atoms with Crippen molar-refractivity contribution in [2.75, 3.05) is 6.54 Å². The topological polar surface area (TPSA) is 62.2 Å². The number of carboxylic acid groups (broad SMARTS) is 1. The van der Waals surface area contributed by atoms with Gasteiger partial charge in [0.15, 0.2) is 0 Å². The van der Waals surface area contributed by atoms with E-state index in [1.807, 2.05) is 49.4 Å². The van der Waals surface area contributed by atoms with Gasteiger partial charge in [0.25, 0.3) is 0 Å². The van der Waals surface area contributed by atoms with E-state index in [0.717, 1.165) is 11.1 Å². The molecule has 4 nitrogen and oxygen atoms in total. The molecule has 4 heteroatoms. The molecule has 2 N–H and O–H groups in total. The summed E-state index contributed by atoms with van der Waals surface area (Å²) in [7, 11) is 0. The molecule has 2 atom stereocenters. The maximum absolute atomic E-state index is 11.4. The zero-order valence-corrected chi connectivity index (χ0v) is 11.4. The van der Waals surface area contributed by atoms with Gasteiger partial charge in [-0.15, -0.1) is 0 Å². The van der Waals surface area contributed by atoms with Crippen molar-refractivity contribution in [3.63, 3.8) is 0 Å². The Labute approximate surface area is 118 Å². The van der Waals surface area contributed by atoms with Gasteiger partial charge in [0, 0.05) is 25.0 Å². The minimum atomic E-state index is -0.818. The van der Waals surface area contributed by atoms with Gasteiger partial charge in [0.05, 0.1) is 5.92 Å². The fourth-order valence-electron chi connectivity index (χ4n) is 2.08. The number of nitrogens with zero attached hydrogens (tertiary/aromatic N) is 1. The van der Waals surface area contributed by atoms with Crippen LogP contribution in [0.1, 0.15) is 30.0 Å². The van der Waals surface area contributed by atoms with E-state index in [2.05, 4.69) is 10.3 Å². The number of benzene rings is 1. The number of aromatic nitrogens is 1. The van der Waals surface area contributed by atoms with Crippen LogP contribution in [0.15, 0.2) is 54.9 Å². The Kier molecular flexibility index (Phi) is 4.85. The lowest BCUT2D eigenvalue weighted by Crippen LogP contribution is -2.29. The van der Waals surface area contributed by atoms with E-state index in [-0.39, 0.29) is 6.04 Å². The van der Waals surface area contributed by atoms with Crippen LogP contribution in [-0.2, 0) is 4.79 Å². The number of carboxylic acids is 1. The molecule has 0 amide bonds. The molecule has 2 rings (SSSR count). The summed E-state index contributed by atoms with van der Waals surface area (Å²) in [5, 5.41) is 12.6. The summed E-state index contributed by atoms with van der Waals surface area (Å²) in [6.45, 7) is 2.39. The van der Waals surface area contributed by atoms with Gasteiger partial charge in [-0.2, -0.15) is 0 Å². The molecule has 0 saturated carbocycles. The van der Waals surface area contributed by atoms with E-state index >= 15 is 0 Å². The average molecular weight is 270 g/mol.